The first kappa shape index (κ1) is 20.7. The minimum atomic E-state index is -4.68. The van der Waals surface area contributed by atoms with E-state index >= 15 is 0 Å². The molecule has 0 aliphatic carbocycles. The van der Waals surface area contributed by atoms with Crippen molar-refractivity contribution in [2.45, 2.75) is 31.2 Å². The van der Waals surface area contributed by atoms with Crippen LogP contribution in [0.25, 0.3) is 0 Å². The number of carbonyl (C=O) groups excluding carboxylic acids is 1. The van der Waals surface area contributed by atoms with Crippen molar-refractivity contribution in [3.8, 4) is 0 Å². The summed E-state index contributed by atoms with van der Waals surface area (Å²) in [5.74, 6) is -1.43. The lowest BCUT2D eigenvalue weighted by molar-refractivity contribution is -0.147. The molecule has 1 aromatic rings. The lowest BCUT2D eigenvalue weighted by Crippen LogP contribution is -2.54. The number of piperidine rings is 1. The number of hydrogen-bond acceptors (Lipinski definition) is 3. The van der Waals surface area contributed by atoms with Crippen molar-refractivity contribution in [1.29, 1.82) is 0 Å². The summed E-state index contributed by atoms with van der Waals surface area (Å²) in [6, 6.07) is 2.39. The van der Waals surface area contributed by atoms with E-state index in [4.69, 9.17) is 4.74 Å². The Labute approximate surface area is 143 Å². The fourth-order valence-corrected chi connectivity index (χ4v) is 2.66. The molecule has 24 heavy (non-hydrogen) atoms. The highest BCUT2D eigenvalue weighted by molar-refractivity contribution is 5.85. The van der Waals surface area contributed by atoms with Crippen LogP contribution in [0.15, 0.2) is 18.2 Å². The molecule has 0 atom stereocenters. The molecule has 0 radical (unpaired) electrons. The van der Waals surface area contributed by atoms with Gasteiger partial charge in [-0.15, -0.1) is 12.4 Å². The smallest absolute Gasteiger partial charge is 0.368 e. The number of benzene rings is 1. The fourth-order valence-electron chi connectivity index (χ4n) is 2.66. The first-order chi connectivity index (χ1) is 10.8. The minimum absolute atomic E-state index is 0. The van der Waals surface area contributed by atoms with Gasteiger partial charge >= 0.3 is 6.18 Å². The maximum Gasteiger partial charge on any atom is 0.416 e. The fraction of sp³-hybridized carbons (Fsp3) is 0.533. The Kier molecular flexibility index (Phi) is 7.00. The Morgan fingerprint density at radius 1 is 1.33 bits per heavy atom. The zero-order valence-electron chi connectivity index (χ0n) is 13.0. The summed E-state index contributed by atoms with van der Waals surface area (Å²) in [6.07, 6.45) is -3.81. The van der Waals surface area contributed by atoms with Gasteiger partial charge in [0.1, 0.15) is 11.4 Å². The quantitative estimate of drug-likeness (QED) is 0.801. The molecule has 1 fully saturated rings. The van der Waals surface area contributed by atoms with E-state index in [-0.39, 0.29) is 24.5 Å². The average molecular weight is 371 g/mol. The Morgan fingerprint density at radius 2 is 1.96 bits per heavy atom. The van der Waals surface area contributed by atoms with Crippen LogP contribution in [-0.4, -0.2) is 31.7 Å². The number of halogens is 5. The van der Waals surface area contributed by atoms with E-state index < -0.39 is 29.1 Å². The Balaban J connectivity index is 0.00000288. The minimum Gasteiger partial charge on any atom is -0.368 e. The SMILES string of the molecule is COC1(C(=O)NCc2ccc(F)cc2C(F)(F)F)CCNCC1.Cl. The standard InChI is InChI=1S/C15H18F4N2O2.ClH/c1-23-14(4-6-20-7-5-14)13(22)21-9-10-2-3-11(16)8-12(10)15(17,18)19;/h2-3,8,20H,4-7,9H2,1H3,(H,21,22);1H. The van der Waals surface area contributed by atoms with Gasteiger partial charge in [-0.3, -0.25) is 4.79 Å². The van der Waals surface area contributed by atoms with E-state index in [2.05, 4.69) is 10.6 Å². The highest BCUT2D eigenvalue weighted by Gasteiger charge is 2.40. The first-order valence-corrected chi connectivity index (χ1v) is 7.18. The third-order valence-electron chi connectivity index (χ3n) is 4.03. The van der Waals surface area contributed by atoms with Crippen LogP contribution in [0.4, 0.5) is 17.6 Å². The summed E-state index contributed by atoms with van der Waals surface area (Å²) in [5.41, 5.74) is -2.31. The van der Waals surface area contributed by atoms with Crippen LogP contribution in [0.1, 0.15) is 24.0 Å². The molecule has 0 unspecified atom stereocenters. The van der Waals surface area contributed by atoms with E-state index in [9.17, 15) is 22.4 Å². The number of hydrogen-bond donors (Lipinski definition) is 2. The molecule has 2 rings (SSSR count). The van der Waals surface area contributed by atoms with Crippen LogP contribution in [0.5, 0.6) is 0 Å². The highest BCUT2D eigenvalue weighted by atomic mass is 35.5. The van der Waals surface area contributed by atoms with Gasteiger partial charge in [-0.05, 0) is 43.6 Å². The zero-order valence-corrected chi connectivity index (χ0v) is 13.8. The average Bonchev–Trinajstić information content (AvgIpc) is 2.53. The first-order valence-electron chi connectivity index (χ1n) is 7.18. The van der Waals surface area contributed by atoms with Crippen LogP contribution in [0, 0.1) is 5.82 Å². The van der Waals surface area contributed by atoms with Gasteiger partial charge in [-0.25, -0.2) is 4.39 Å². The number of ether oxygens (including phenoxy) is 1. The second-order valence-corrected chi connectivity index (χ2v) is 5.43. The lowest BCUT2D eigenvalue weighted by atomic mass is 9.91. The lowest BCUT2D eigenvalue weighted by Gasteiger charge is -2.34. The van der Waals surface area contributed by atoms with Gasteiger partial charge in [-0.2, -0.15) is 13.2 Å². The molecule has 0 bridgehead atoms. The van der Waals surface area contributed by atoms with Gasteiger partial charge in [0.15, 0.2) is 0 Å². The second kappa shape index (κ2) is 8.13. The van der Waals surface area contributed by atoms with Crippen molar-refractivity contribution in [3.63, 3.8) is 0 Å². The molecule has 1 amide bonds. The van der Waals surface area contributed by atoms with Crippen molar-refractivity contribution in [2.75, 3.05) is 20.2 Å². The predicted octanol–water partition coefficient (Wildman–Crippen LogP) is 2.65. The van der Waals surface area contributed by atoms with Crippen molar-refractivity contribution >= 4 is 18.3 Å². The summed E-state index contributed by atoms with van der Waals surface area (Å²) in [5, 5.41) is 5.57. The van der Waals surface area contributed by atoms with E-state index in [1.54, 1.807) is 0 Å². The van der Waals surface area contributed by atoms with Gasteiger partial charge < -0.3 is 15.4 Å². The number of nitrogens with one attached hydrogen (secondary N) is 2. The summed E-state index contributed by atoms with van der Waals surface area (Å²) in [4.78, 5) is 12.3. The van der Waals surface area contributed by atoms with E-state index in [0.29, 0.717) is 32.0 Å². The molecule has 1 aliphatic heterocycles. The topological polar surface area (TPSA) is 50.4 Å². The molecule has 0 aromatic heterocycles. The molecular formula is C15H19ClF4N2O2. The molecule has 1 saturated heterocycles. The Hall–Kier alpha value is -1.38. The molecule has 4 nitrogen and oxygen atoms in total. The summed E-state index contributed by atoms with van der Waals surface area (Å²) < 4.78 is 57.2. The van der Waals surface area contributed by atoms with Crippen LogP contribution >= 0.6 is 12.4 Å². The summed E-state index contributed by atoms with van der Waals surface area (Å²) in [7, 11) is 1.41. The molecule has 136 valence electrons. The predicted molar refractivity (Wildman–Crippen MR) is 82.3 cm³/mol. The number of rotatable bonds is 4. The van der Waals surface area contributed by atoms with Gasteiger partial charge in [0, 0.05) is 13.7 Å². The van der Waals surface area contributed by atoms with Gasteiger partial charge in [0.25, 0.3) is 5.91 Å². The molecule has 0 saturated carbocycles. The van der Waals surface area contributed by atoms with Crippen molar-refractivity contribution in [3.05, 3.63) is 35.1 Å². The highest BCUT2D eigenvalue weighted by Crippen LogP contribution is 2.32. The maximum absolute atomic E-state index is 13.1. The van der Waals surface area contributed by atoms with Gasteiger partial charge in [0.05, 0.1) is 5.56 Å². The molecule has 9 heteroatoms. The zero-order chi connectivity index (χ0) is 17.1. The number of methoxy groups -OCH3 is 1. The summed E-state index contributed by atoms with van der Waals surface area (Å²) in [6.45, 7) is 0.837. The number of amides is 1. The maximum atomic E-state index is 13.1. The van der Waals surface area contributed by atoms with Crippen molar-refractivity contribution in [2.24, 2.45) is 0 Å². The molecular weight excluding hydrogens is 352 g/mol. The number of alkyl halides is 3. The Morgan fingerprint density at radius 3 is 2.50 bits per heavy atom. The third-order valence-corrected chi connectivity index (χ3v) is 4.03. The van der Waals surface area contributed by atoms with E-state index in [0.717, 1.165) is 12.1 Å². The molecule has 0 spiro atoms. The molecule has 2 N–H and O–H groups in total. The van der Waals surface area contributed by atoms with Crippen LogP contribution in [0.3, 0.4) is 0 Å². The molecule has 1 aromatic carbocycles. The Bertz CT molecular complexity index is 575. The summed E-state index contributed by atoms with van der Waals surface area (Å²) >= 11 is 0. The second-order valence-electron chi connectivity index (χ2n) is 5.43. The number of carbonyl (C=O) groups is 1. The van der Waals surface area contributed by atoms with Crippen molar-refractivity contribution < 1.29 is 27.1 Å². The monoisotopic (exact) mass is 370 g/mol. The normalized spacial score (nSPS) is 17.0. The third kappa shape index (κ3) is 4.58. The van der Waals surface area contributed by atoms with E-state index in [1.165, 1.54) is 7.11 Å². The van der Waals surface area contributed by atoms with Gasteiger partial charge in [-0.1, -0.05) is 6.07 Å². The van der Waals surface area contributed by atoms with Crippen LogP contribution in [0.2, 0.25) is 0 Å². The van der Waals surface area contributed by atoms with Crippen LogP contribution < -0.4 is 10.6 Å². The molecule has 1 aliphatic rings. The molecule has 1 heterocycles. The van der Waals surface area contributed by atoms with Gasteiger partial charge in [0.2, 0.25) is 0 Å². The van der Waals surface area contributed by atoms with Crippen molar-refractivity contribution in [1.82, 2.24) is 10.6 Å². The van der Waals surface area contributed by atoms with E-state index in [1.807, 2.05) is 0 Å². The van der Waals surface area contributed by atoms with Crippen LogP contribution in [-0.2, 0) is 22.3 Å². The largest absolute Gasteiger partial charge is 0.416 e.